The molecule has 2 rings (SSSR count). The number of aromatic nitrogens is 1. The zero-order valence-electron chi connectivity index (χ0n) is 17.0. The van der Waals surface area contributed by atoms with E-state index in [0.717, 1.165) is 56.1 Å². The molecule has 1 unspecified atom stereocenters. The number of aryl methyl sites for hydroxylation is 1. The van der Waals surface area contributed by atoms with Gasteiger partial charge >= 0.3 is 0 Å². The second-order valence-electron chi connectivity index (χ2n) is 6.93. The second-order valence-corrected chi connectivity index (χ2v) is 8.00. The van der Waals surface area contributed by atoms with Crippen LogP contribution < -0.4 is 5.32 Å². The first kappa shape index (κ1) is 21.1. The Morgan fingerprint density at radius 3 is 2.62 bits per heavy atom. The number of hydrogen-bond acceptors (Lipinski definition) is 5. The summed E-state index contributed by atoms with van der Waals surface area (Å²) < 4.78 is 5.55. The Balaban J connectivity index is 1.97. The van der Waals surface area contributed by atoms with Crippen molar-refractivity contribution in [2.24, 2.45) is 10.9 Å². The maximum absolute atomic E-state index is 5.55. The molecule has 1 aliphatic heterocycles. The molecule has 0 aliphatic carbocycles. The van der Waals surface area contributed by atoms with Crippen LogP contribution in [0, 0.1) is 12.8 Å². The largest absolute Gasteiger partial charge is 0.379 e. The minimum Gasteiger partial charge on any atom is -0.379 e. The number of guanidine groups is 1. The molecular weight excluding hydrogens is 346 g/mol. The van der Waals surface area contributed by atoms with Gasteiger partial charge in [0, 0.05) is 45.2 Å². The molecule has 1 aromatic rings. The average molecular weight is 382 g/mol. The minimum atomic E-state index is 0.514. The molecule has 148 valence electrons. The van der Waals surface area contributed by atoms with Gasteiger partial charge in [0.05, 0.1) is 30.5 Å². The maximum Gasteiger partial charge on any atom is 0.193 e. The number of hydrogen-bond donors (Lipinski definition) is 1. The number of thiazole rings is 1. The van der Waals surface area contributed by atoms with Crippen LogP contribution in [0.25, 0.3) is 0 Å². The van der Waals surface area contributed by atoms with Crippen LogP contribution in [-0.4, -0.2) is 73.7 Å². The van der Waals surface area contributed by atoms with Gasteiger partial charge in [0.25, 0.3) is 0 Å². The van der Waals surface area contributed by atoms with E-state index in [1.54, 1.807) is 11.3 Å². The van der Waals surface area contributed by atoms with E-state index in [0.29, 0.717) is 12.0 Å². The Morgan fingerprint density at radius 2 is 2.08 bits per heavy atom. The summed E-state index contributed by atoms with van der Waals surface area (Å²) in [5, 5.41) is 6.85. The summed E-state index contributed by atoms with van der Waals surface area (Å²) >= 11 is 1.70. The van der Waals surface area contributed by atoms with Gasteiger partial charge in [-0.05, 0) is 12.8 Å². The summed E-state index contributed by atoms with van der Waals surface area (Å²) in [7, 11) is 3.93. The lowest BCUT2D eigenvalue weighted by molar-refractivity contribution is 0.00261. The fraction of sp³-hybridized carbons (Fsp3) is 0.789. The highest BCUT2D eigenvalue weighted by Gasteiger charge is 2.27. The predicted molar refractivity (Wildman–Crippen MR) is 110 cm³/mol. The van der Waals surface area contributed by atoms with Crippen LogP contribution >= 0.6 is 11.3 Å². The van der Waals surface area contributed by atoms with Gasteiger partial charge in [-0.3, -0.25) is 9.89 Å². The van der Waals surface area contributed by atoms with Gasteiger partial charge in [-0.15, -0.1) is 11.3 Å². The summed E-state index contributed by atoms with van der Waals surface area (Å²) in [5.74, 6) is 1.62. The summed E-state index contributed by atoms with van der Waals surface area (Å²) in [6.07, 6.45) is 2.40. The van der Waals surface area contributed by atoms with Crippen molar-refractivity contribution in [2.75, 3.05) is 46.9 Å². The van der Waals surface area contributed by atoms with E-state index >= 15 is 0 Å². The highest BCUT2D eigenvalue weighted by atomic mass is 32.1. The summed E-state index contributed by atoms with van der Waals surface area (Å²) in [5.41, 5.74) is 1.10. The molecule has 1 fully saturated rings. The first-order valence-electron chi connectivity index (χ1n) is 9.73. The Morgan fingerprint density at radius 1 is 1.38 bits per heavy atom. The number of aliphatic imine (C=N–C) groups is 1. The molecule has 1 N–H and O–H groups in total. The van der Waals surface area contributed by atoms with E-state index in [9.17, 15) is 0 Å². The predicted octanol–water partition coefficient (Wildman–Crippen LogP) is 2.60. The van der Waals surface area contributed by atoms with Crippen LogP contribution in [0.1, 0.15) is 37.4 Å². The lowest BCUT2D eigenvalue weighted by atomic mass is 9.92. The van der Waals surface area contributed by atoms with Gasteiger partial charge < -0.3 is 15.0 Å². The Hall–Kier alpha value is -1.18. The fourth-order valence-corrected chi connectivity index (χ4v) is 4.32. The van der Waals surface area contributed by atoms with Gasteiger partial charge in [0.2, 0.25) is 0 Å². The summed E-state index contributed by atoms with van der Waals surface area (Å²) in [6.45, 7) is 12.1. The smallest absolute Gasteiger partial charge is 0.193 e. The third kappa shape index (κ3) is 5.93. The SMILES string of the molecule is CCC(CC)C(CNC(=NC)N(C)Cc1csc(C)n1)N1CCOCC1. The molecule has 6 nitrogen and oxygen atoms in total. The van der Waals surface area contributed by atoms with Crippen LogP contribution in [0.4, 0.5) is 0 Å². The highest BCUT2D eigenvalue weighted by molar-refractivity contribution is 7.09. The van der Waals surface area contributed by atoms with Gasteiger partial charge in [-0.2, -0.15) is 0 Å². The molecule has 1 saturated heterocycles. The number of nitrogens with one attached hydrogen (secondary N) is 1. The molecule has 0 spiro atoms. The maximum atomic E-state index is 5.55. The molecule has 2 heterocycles. The third-order valence-corrected chi connectivity index (χ3v) is 6.04. The van der Waals surface area contributed by atoms with Crippen LogP contribution in [-0.2, 0) is 11.3 Å². The molecule has 26 heavy (non-hydrogen) atoms. The molecule has 0 aromatic carbocycles. The highest BCUT2D eigenvalue weighted by Crippen LogP contribution is 2.19. The van der Waals surface area contributed by atoms with Gasteiger partial charge in [-0.25, -0.2) is 4.98 Å². The van der Waals surface area contributed by atoms with Crippen molar-refractivity contribution >= 4 is 17.3 Å². The lowest BCUT2D eigenvalue weighted by Gasteiger charge is -2.39. The van der Waals surface area contributed by atoms with Crippen molar-refractivity contribution in [3.05, 3.63) is 16.1 Å². The molecule has 0 bridgehead atoms. The summed E-state index contributed by atoms with van der Waals surface area (Å²) in [4.78, 5) is 13.8. The lowest BCUT2D eigenvalue weighted by Crippen LogP contribution is -2.53. The summed E-state index contributed by atoms with van der Waals surface area (Å²) in [6, 6.07) is 0.514. The normalized spacial score (nSPS) is 17.5. The first-order chi connectivity index (χ1) is 12.6. The topological polar surface area (TPSA) is 53.0 Å². The van der Waals surface area contributed by atoms with Crippen LogP contribution in [0.5, 0.6) is 0 Å². The number of nitrogens with zero attached hydrogens (tertiary/aromatic N) is 4. The van der Waals surface area contributed by atoms with Crippen molar-refractivity contribution in [1.82, 2.24) is 20.1 Å². The third-order valence-electron chi connectivity index (χ3n) is 5.22. The first-order valence-corrected chi connectivity index (χ1v) is 10.6. The number of ether oxygens (including phenoxy) is 1. The van der Waals surface area contributed by atoms with Gasteiger partial charge in [-0.1, -0.05) is 26.7 Å². The van der Waals surface area contributed by atoms with E-state index in [4.69, 9.17) is 4.74 Å². The average Bonchev–Trinajstić information content (AvgIpc) is 3.06. The standard InChI is InChI=1S/C19H35N5OS/c1-6-16(7-2)18(24-8-10-25-11-9-24)12-21-19(20-4)23(5)13-17-14-26-15(3)22-17/h14,16,18H,6-13H2,1-5H3,(H,20,21). The van der Waals surface area contributed by atoms with Gasteiger partial charge in [0.1, 0.15) is 0 Å². The van der Waals surface area contributed by atoms with Crippen LogP contribution in [0.3, 0.4) is 0 Å². The molecule has 0 amide bonds. The zero-order valence-corrected chi connectivity index (χ0v) is 17.8. The molecular formula is C19H35N5OS. The molecule has 7 heteroatoms. The van der Waals surface area contributed by atoms with Crippen molar-refractivity contribution in [3.63, 3.8) is 0 Å². The molecule has 1 atom stereocenters. The van der Waals surface area contributed by atoms with E-state index in [-0.39, 0.29) is 0 Å². The number of morpholine rings is 1. The van der Waals surface area contributed by atoms with Crippen molar-refractivity contribution in [3.8, 4) is 0 Å². The molecule has 1 aliphatic rings. The van der Waals surface area contributed by atoms with E-state index < -0.39 is 0 Å². The molecule has 1 aromatic heterocycles. The van der Waals surface area contributed by atoms with E-state index in [1.807, 2.05) is 14.0 Å². The minimum absolute atomic E-state index is 0.514. The Kier molecular flexibility index (Phi) is 8.81. The van der Waals surface area contributed by atoms with Crippen molar-refractivity contribution in [1.29, 1.82) is 0 Å². The Labute approximate surface area is 162 Å². The van der Waals surface area contributed by atoms with Gasteiger partial charge in [0.15, 0.2) is 5.96 Å². The van der Waals surface area contributed by atoms with Crippen LogP contribution in [0.15, 0.2) is 10.4 Å². The van der Waals surface area contributed by atoms with E-state index in [2.05, 4.69) is 51.4 Å². The monoisotopic (exact) mass is 381 g/mol. The van der Waals surface area contributed by atoms with Crippen molar-refractivity contribution in [2.45, 2.75) is 46.2 Å². The Bertz CT molecular complexity index is 552. The number of rotatable bonds is 8. The quantitative estimate of drug-likeness (QED) is 0.554. The molecule has 0 radical (unpaired) electrons. The second kappa shape index (κ2) is 10.8. The van der Waals surface area contributed by atoms with E-state index in [1.165, 1.54) is 12.8 Å². The molecule has 0 saturated carbocycles. The fourth-order valence-electron chi connectivity index (χ4n) is 3.72. The zero-order chi connectivity index (χ0) is 18.9. The van der Waals surface area contributed by atoms with Crippen molar-refractivity contribution < 1.29 is 4.74 Å². The van der Waals surface area contributed by atoms with Crippen LogP contribution in [0.2, 0.25) is 0 Å².